The van der Waals surface area contributed by atoms with Crippen molar-refractivity contribution < 1.29 is 27.4 Å². The number of hydrogen-bond donors (Lipinski definition) is 2. The Bertz CT molecular complexity index is 1120. The second-order valence-corrected chi connectivity index (χ2v) is 7.82. The number of ether oxygens (including phenoxy) is 2. The molecule has 34 heavy (non-hydrogen) atoms. The van der Waals surface area contributed by atoms with Crippen molar-refractivity contribution in [3.8, 4) is 11.5 Å². The van der Waals surface area contributed by atoms with Gasteiger partial charge in [0.2, 0.25) is 0 Å². The van der Waals surface area contributed by atoms with Crippen LogP contribution >= 0.6 is 0 Å². The number of allylic oxidation sites excluding steroid dienone is 1. The lowest BCUT2D eigenvalue weighted by molar-refractivity contribution is -0.137. The summed E-state index contributed by atoms with van der Waals surface area (Å²) in [4.78, 5) is 12.7. The van der Waals surface area contributed by atoms with E-state index in [-0.39, 0.29) is 18.2 Å². The van der Waals surface area contributed by atoms with Gasteiger partial charge in [-0.2, -0.15) is 13.2 Å². The first-order valence-electron chi connectivity index (χ1n) is 10.8. The van der Waals surface area contributed by atoms with Crippen molar-refractivity contribution in [1.29, 1.82) is 0 Å². The van der Waals surface area contributed by atoms with Crippen molar-refractivity contribution in [3.63, 3.8) is 0 Å². The molecule has 0 heterocycles. The molecule has 2 aromatic rings. The van der Waals surface area contributed by atoms with Gasteiger partial charge in [-0.25, -0.2) is 0 Å². The molecule has 0 aromatic heterocycles. The molecule has 0 radical (unpaired) electrons. The highest BCUT2D eigenvalue weighted by molar-refractivity contribution is 5.97. The highest BCUT2D eigenvalue weighted by Crippen LogP contribution is 2.32. The van der Waals surface area contributed by atoms with E-state index in [1.807, 2.05) is 13.0 Å². The van der Waals surface area contributed by atoms with Crippen LogP contribution in [-0.2, 0) is 22.3 Å². The van der Waals surface area contributed by atoms with Crippen molar-refractivity contribution in [2.45, 2.75) is 32.5 Å². The molecule has 1 aliphatic rings. The van der Waals surface area contributed by atoms with E-state index < -0.39 is 11.7 Å². The van der Waals surface area contributed by atoms with Crippen molar-refractivity contribution in [3.05, 3.63) is 94.2 Å². The fourth-order valence-corrected chi connectivity index (χ4v) is 3.55. The van der Waals surface area contributed by atoms with E-state index in [9.17, 15) is 18.0 Å². The second kappa shape index (κ2) is 11.1. The predicted molar refractivity (Wildman–Crippen MR) is 124 cm³/mol. The number of nitrogens with one attached hydrogen (secondary N) is 1. The number of methoxy groups -OCH3 is 1. The summed E-state index contributed by atoms with van der Waals surface area (Å²) in [6.45, 7) is 2.75. The molecule has 0 atom stereocenters. The highest BCUT2D eigenvalue weighted by atomic mass is 19.4. The van der Waals surface area contributed by atoms with Crippen molar-refractivity contribution in [2.24, 2.45) is 5.73 Å². The number of carbonyl (C=O) groups excluding carboxylic acids is 1. The molecule has 0 bridgehead atoms. The van der Waals surface area contributed by atoms with Gasteiger partial charge in [-0.05, 0) is 54.0 Å². The van der Waals surface area contributed by atoms with Gasteiger partial charge in [0, 0.05) is 25.8 Å². The molecule has 0 saturated carbocycles. The second-order valence-electron chi connectivity index (χ2n) is 7.82. The van der Waals surface area contributed by atoms with E-state index in [0.717, 1.165) is 35.3 Å². The van der Waals surface area contributed by atoms with Crippen LogP contribution < -0.4 is 15.8 Å². The van der Waals surface area contributed by atoms with Gasteiger partial charge in [0.1, 0.15) is 11.5 Å². The Balaban J connectivity index is 1.61. The van der Waals surface area contributed by atoms with Crippen LogP contribution in [0, 0.1) is 0 Å². The number of carbonyl (C=O) groups is 1. The average Bonchev–Trinajstić information content (AvgIpc) is 2.96. The lowest BCUT2D eigenvalue weighted by Crippen LogP contribution is -2.26. The quantitative estimate of drug-likeness (QED) is 0.522. The Morgan fingerprint density at radius 3 is 2.47 bits per heavy atom. The van der Waals surface area contributed by atoms with Gasteiger partial charge in [-0.1, -0.05) is 36.8 Å². The molecule has 3 rings (SSSR count). The van der Waals surface area contributed by atoms with Gasteiger partial charge >= 0.3 is 6.18 Å². The minimum absolute atomic E-state index is 0.0892. The molecule has 2 aromatic carbocycles. The van der Waals surface area contributed by atoms with Gasteiger partial charge in [0.05, 0.1) is 17.7 Å². The molecule has 8 heteroatoms. The molecule has 180 valence electrons. The van der Waals surface area contributed by atoms with Crippen LogP contribution in [-0.4, -0.2) is 19.6 Å². The molecule has 0 saturated heterocycles. The van der Waals surface area contributed by atoms with E-state index in [1.165, 1.54) is 12.1 Å². The topological polar surface area (TPSA) is 73.6 Å². The van der Waals surface area contributed by atoms with Crippen molar-refractivity contribution in [2.75, 3.05) is 13.7 Å². The minimum atomic E-state index is -4.44. The first-order chi connectivity index (χ1) is 16.2. The number of hydrogen-bond acceptors (Lipinski definition) is 4. The standard InChI is InChI=1S/C26H27F3N2O3/c1-3-18-13-24(30)23(12-9-19(18)16-33-2)25(32)31-15-17-7-10-21(11-8-17)34-22-6-4-5-20(14-22)26(27,28)29/h4-12,14H,3,13,15-16,30H2,1-2H3,(H,31,32). The summed E-state index contributed by atoms with van der Waals surface area (Å²) in [5, 5.41) is 2.86. The molecule has 1 amide bonds. The van der Waals surface area contributed by atoms with Gasteiger partial charge in [0.25, 0.3) is 5.91 Å². The maximum Gasteiger partial charge on any atom is 0.416 e. The average molecular weight is 473 g/mol. The Morgan fingerprint density at radius 1 is 1.09 bits per heavy atom. The molecule has 0 unspecified atom stereocenters. The molecular formula is C26H27F3N2O3. The third-order valence-corrected chi connectivity index (χ3v) is 5.40. The van der Waals surface area contributed by atoms with E-state index >= 15 is 0 Å². The predicted octanol–water partition coefficient (Wildman–Crippen LogP) is 5.64. The number of amides is 1. The maximum absolute atomic E-state index is 12.9. The minimum Gasteiger partial charge on any atom is -0.457 e. The van der Waals surface area contributed by atoms with Crippen molar-refractivity contribution in [1.82, 2.24) is 5.32 Å². The lowest BCUT2D eigenvalue weighted by Gasteiger charge is -2.12. The largest absolute Gasteiger partial charge is 0.457 e. The zero-order chi connectivity index (χ0) is 24.7. The van der Waals surface area contributed by atoms with Gasteiger partial charge < -0.3 is 20.5 Å². The molecule has 0 aliphatic heterocycles. The molecule has 3 N–H and O–H groups in total. The first-order valence-corrected chi connectivity index (χ1v) is 10.8. The SMILES string of the molecule is CCC1=C(COC)C=CC(C(=O)NCc2ccc(Oc3cccc(C(F)(F)F)c3)cc2)=C(N)C1. The highest BCUT2D eigenvalue weighted by Gasteiger charge is 2.30. The number of rotatable bonds is 8. The van der Waals surface area contributed by atoms with E-state index in [0.29, 0.717) is 30.0 Å². The zero-order valence-electron chi connectivity index (χ0n) is 19.0. The van der Waals surface area contributed by atoms with Crippen molar-refractivity contribution >= 4 is 5.91 Å². The Hall–Kier alpha value is -3.52. The number of nitrogens with two attached hydrogens (primary N) is 1. The van der Waals surface area contributed by atoms with E-state index in [4.69, 9.17) is 15.2 Å². The summed E-state index contributed by atoms with van der Waals surface area (Å²) < 4.78 is 49.4. The summed E-state index contributed by atoms with van der Waals surface area (Å²) in [7, 11) is 1.62. The zero-order valence-corrected chi connectivity index (χ0v) is 19.0. The van der Waals surface area contributed by atoms with Crippen LogP contribution in [0.2, 0.25) is 0 Å². The van der Waals surface area contributed by atoms with E-state index in [1.54, 1.807) is 37.5 Å². The van der Waals surface area contributed by atoms with Gasteiger partial charge in [-0.3, -0.25) is 4.79 Å². The van der Waals surface area contributed by atoms with Gasteiger partial charge in [0.15, 0.2) is 0 Å². The number of alkyl halides is 3. The number of benzene rings is 2. The van der Waals surface area contributed by atoms with Crippen LogP contribution in [0.1, 0.15) is 30.9 Å². The Kier molecular flexibility index (Phi) is 8.17. The summed E-state index contributed by atoms with van der Waals surface area (Å²) in [6.07, 6.45) is 0.469. The Labute approximate surface area is 196 Å². The number of halogens is 3. The third kappa shape index (κ3) is 6.51. The third-order valence-electron chi connectivity index (χ3n) is 5.40. The van der Waals surface area contributed by atoms with E-state index in [2.05, 4.69) is 5.32 Å². The van der Waals surface area contributed by atoms with Gasteiger partial charge in [-0.15, -0.1) is 0 Å². The fraction of sp³-hybridized carbons (Fsp3) is 0.269. The Morgan fingerprint density at radius 2 is 1.82 bits per heavy atom. The van der Waals surface area contributed by atoms with Crippen LogP contribution in [0.25, 0.3) is 0 Å². The first kappa shape index (κ1) is 25.1. The monoisotopic (exact) mass is 472 g/mol. The molecule has 0 spiro atoms. The molecule has 0 fully saturated rings. The van der Waals surface area contributed by atoms with Crippen LogP contribution in [0.5, 0.6) is 11.5 Å². The fourth-order valence-electron chi connectivity index (χ4n) is 3.55. The lowest BCUT2D eigenvalue weighted by atomic mass is 10.0. The van der Waals surface area contributed by atoms with Crippen LogP contribution in [0.4, 0.5) is 13.2 Å². The molecule has 5 nitrogen and oxygen atoms in total. The van der Waals surface area contributed by atoms with Crippen LogP contribution in [0.3, 0.4) is 0 Å². The summed E-state index contributed by atoms with van der Waals surface area (Å²) in [5.74, 6) is 0.190. The van der Waals surface area contributed by atoms with Crippen LogP contribution in [0.15, 0.2) is 83.1 Å². The smallest absolute Gasteiger partial charge is 0.416 e. The molecule has 1 aliphatic carbocycles. The maximum atomic E-state index is 12.9. The summed E-state index contributed by atoms with van der Waals surface area (Å²) >= 11 is 0. The normalized spacial score (nSPS) is 14.3. The summed E-state index contributed by atoms with van der Waals surface area (Å²) in [6, 6.07) is 11.4. The summed E-state index contributed by atoms with van der Waals surface area (Å²) in [5.41, 5.74) is 9.31. The molecular weight excluding hydrogens is 445 g/mol.